The van der Waals surface area contributed by atoms with Gasteiger partial charge in [-0.2, -0.15) is 0 Å². The topological polar surface area (TPSA) is 50.8 Å². The van der Waals surface area contributed by atoms with Crippen molar-refractivity contribution in [2.45, 2.75) is 52.1 Å². The Labute approximate surface area is 180 Å². The molecule has 30 heavy (non-hydrogen) atoms. The summed E-state index contributed by atoms with van der Waals surface area (Å²) in [7, 11) is 0. The fourth-order valence-electron chi connectivity index (χ4n) is 3.65. The van der Waals surface area contributed by atoms with Crippen LogP contribution in [-0.4, -0.2) is 43.2 Å². The van der Waals surface area contributed by atoms with Crippen LogP contribution in [0.3, 0.4) is 0 Å². The largest absolute Gasteiger partial charge is 0.490 e. The zero-order valence-electron chi connectivity index (χ0n) is 18.2. The maximum atomic E-state index is 12.8. The summed E-state index contributed by atoms with van der Waals surface area (Å²) < 4.78 is 11.6. The number of nitrogens with zero attached hydrogens (tertiary/aromatic N) is 1. The van der Waals surface area contributed by atoms with Crippen molar-refractivity contribution in [2.75, 3.05) is 26.3 Å². The third kappa shape index (κ3) is 6.49. The van der Waals surface area contributed by atoms with E-state index in [1.807, 2.05) is 18.2 Å². The normalized spacial score (nSPS) is 15.0. The van der Waals surface area contributed by atoms with Gasteiger partial charge in [0.2, 0.25) is 0 Å². The molecule has 1 heterocycles. The summed E-state index contributed by atoms with van der Waals surface area (Å²) in [6.45, 7) is 8.33. The number of piperidine rings is 1. The van der Waals surface area contributed by atoms with E-state index in [1.165, 1.54) is 5.56 Å². The van der Waals surface area contributed by atoms with Crippen molar-refractivity contribution in [3.05, 3.63) is 59.7 Å². The first-order chi connectivity index (χ1) is 14.7. The van der Waals surface area contributed by atoms with Crippen LogP contribution in [-0.2, 0) is 6.54 Å². The van der Waals surface area contributed by atoms with Crippen molar-refractivity contribution >= 4 is 5.91 Å². The molecule has 0 saturated carbocycles. The first-order valence-corrected chi connectivity index (χ1v) is 11.2. The van der Waals surface area contributed by atoms with E-state index < -0.39 is 0 Å². The van der Waals surface area contributed by atoms with Gasteiger partial charge in [0.1, 0.15) is 0 Å². The van der Waals surface area contributed by atoms with Gasteiger partial charge in [-0.15, -0.1) is 0 Å². The van der Waals surface area contributed by atoms with E-state index >= 15 is 0 Å². The molecule has 3 rings (SSSR count). The molecule has 0 unspecified atom stereocenters. The minimum Gasteiger partial charge on any atom is -0.490 e. The predicted octanol–water partition coefficient (Wildman–Crippen LogP) is 4.66. The minimum atomic E-state index is -0.0418. The highest BCUT2D eigenvalue weighted by molar-refractivity contribution is 5.95. The number of hydrogen-bond acceptors (Lipinski definition) is 4. The number of ether oxygens (including phenoxy) is 2. The van der Waals surface area contributed by atoms with Crippen molar-refractivity contribution in [2.24, 2.45) is 0 Å². The fraction of sp³-hybridized carbons (Fsp3) is 0.480. The summed E-state index contributed by atoms with van der Waals surface area (Å²) in [6, 6.07) is 16.2. The zero-order valence-corrected chi connectivity index (χ0v) is 18.2. The van der Waals surface area contributed by atoms with Gasteiger partial charge in [-0.05, 0) is 49.4 Å². The van der Waals surface area contributed by atoms with Crippen LogP contribution in [0.5, 0.6) is 11.5 Å². The maximum absolute atomic E-state index is 12.8. The zero-order chi connectivity index (χ0) is 21.2. The summed E-state index contributed by atoms with van der Waals surface area (Å²) in [4.78, 5) is 15.3. The van der Waals surface area contributed by atoms with Gasteiger partial charge >= 0.3 is 0 Å². The van der Waals surface area contributed by atoms with Gasteiger partial charge < -0.3 is 14.8 Å². The fourth-order valence-corrected chi connectivity index (χ4v) is 3.65. The second-order valence-corrected chi connectivity index (χ2v) is 7.87. The Morgan fingerprint density at radius 3 is 2.30 bits per heavy atom. The molecule has 0 aromatic heterocycles. The van der Waals surface area contributed by atoms with Gasteiger partial charge in [-0.1, -0.05) is 44.2 Å². The van der Waals surface area contributed by atoms with Gasteiger partial charge in [0.05, 0.1) is 13.2 Å². The van der Waals surface area contributed by atoms with Crippen LogP contribution in [0, 0.1) is 0 Å². The lowest BCUT2D eigenvalue weighted by Gasteiger charge is -2.32. The second-order valence-electron chi connectivity index (χ2n) is 7.87. The average molecular weight is 411 g/mol. The van der Waals surface area contributed by atoms with Crippen LogP contribution < -0.4 is 14.8 Å². The highest BCUT2D eigenvalue weighted by Gasteiger charge is 2.22. The first kappa shape index (κ1) is 22.2. The van der Waals surface area contributed by atoms with E-state index in [0.29, 0.717) is 30.3 Å². The maximum Gasteiger partial charge on any atom is 0.251 e. The summed E-state index contributed by atoms with van der Waals surface area (Å²) >= 11 is 0. The lowest BCUT2D eigenvalue weighted by molar-refractivity contribution is 0.0908. The molecule has 162 valence electrons. The van der Waals surface area contributed by atoms with Gasteiger partial charge in [0, 0.05) is 31.2 Å². The number of likely N-dealkylation sites (tertiary alicyclic amines) is 1. The molecule has 2 aromatic carbocycles. The molecule has 1 amide bonds. The molecular formula is C25H34N2O3. The molecule has 0 bridgehead atoms. The number of carbonyl (C=O) groups excluding carboxylic acids is 1. The summed E-state index contributed by atoms with van der Waals surface area (Å²) in [5, 5.41) is 3.20. The molecule has 0 spiro atoms. The van der Waals surface area contributed by atoms with Gasteiger partial charge in [-0.3, -0.25) is 9.69 Å². The van der Waals surface area contributed by atoms with Crippen molar-refractivity contribution in [1.29, 1.82) is 0 Å². The number of nitrogens with one attached hydrogen (secondary N) is 1. The first-order valence-electron chi connectivity index (χ1n) is 11.2. The number of hydrogen-bond donors (Lipinski definition) is 1. The van der Waals surface area contributed by atoms with E-state index in [-0.39, 0.29) is 11.9 Å². The van der Waals surface area contributed by atoms with Gasteiger partial charge in [0.25, 0.3) is 5.91 Å². The van der Waals surface area contributed by atoms with Crippen molar-refractivity contribution < 1.29 is 14.3 Å². The average Bonchev–Trinajstić information content (AvgIpc) is 2.78. The molecule has 0 atom stereocenters. The Morgan fingerprint density at radius 2 is 1.63 bits per heavy atom. The van der Waals surface area contributed by atoms with E-state index in [0.717, 1.165) is 45.3 Å². The van der Waals surface area contributed by atoms with Crippen molar-refractivity contribution in [1.82, 2.24) is 10.2 Å². The molecule has 1 fully saturated rings. The highest BCUT2D eigenvalue weighted by Crippen LogP contribution is 2.29. The molecule has 1 aliphatic rings. The smallest absolute Gasteiger partial charge is 0.251 e. The third-order valence-corrected chi connectivity index (χ3v) is 5.30. The van der Waals surface area contributed by atoms with Crippen LogP contribution in [0.25, 0.3) is 0 Å². The van der Waals surface area contributed by atoms with Gasteiger partial charge in [0.15, 0.2) is 11.5 Å². The summed E-state index contributed by atoms with van der Waals surface area (Å²) in [5.74, 6) is 1.31. The number of benzene rings is 2. The number of rotatable bonds is 10. The van der Waals surface area contributed by atoms with Crippen LogP contribution in [0.2, 0.25) is 0 Å². The lowest BCUT2D eigenvalue weighted by atomic mass is 10.0. The summed E-state index contributed by atoms with van der Waals surface area (Å²) in [5.41, 5.74) is 1.96. The second kappa shape index (κ2) is 11.6. The Hall–Kier alpha value is -2.53. The number of carbonyl (C=O) groups is 1. The van der Waals surface area contributed by atoms with E-state index in [4.69, 9.17) is 9.47 Å². The molecule has 1 saturated heterocycles. The minimum absolute atomic E-state index is 0.0418. The van der Waals surface area contributed by atoms with Crippen LogP contribution >= 0.6 is 0 Å². The van der Waals surface area contributed by atoms with Crippen LogP contribution in [0.4, 0.5) is 0 Å². The monoisotopic (exact) mass is 410 g/mol. The Kier molecular flexibility index (Phi) is 8.57. The molecule has 5 heteroatoms. The standard InChI is InChI=1S/C25H34N2O3/c1-3-16-29-23-11-10-21(18-24(23)30-17-4-2)25(28)26-22-12-14-27(15-13-22)19-20-8-6-5-7-9-20/h5-11,18,22H,3-4,12-17,19H2,1-2H3,(H,26,28). The van der Waals surface area contributed by atoms with Crippen LogP contribution in [0.1, 0.15) is 55.5 Å². The Bertz CT molecular complexity index is 786. The molecule has 5 nitrogen and oxygen atoms in total. The summed E-state index contributed by atoms with van der Waals surface area (Å²) in [6.07, 6.45) is 3.77. The third-order valence-electron chi connectivity index (χ3n) is 5.30. The predicted molar refractivity (Wildman–Crippen MR) is 120 cm³/mol. The van der Waals surface area contributed by atoms with E-state index in [2.05, 4.69) is 48.3 Å². The Balaban J connectivity index is 1.54. The molecular weight excluding hydrogens is 376 g/mol. The molecule has 2 aromatic rings. The lowest BCUT2D eigenvalue weighted by Crippen LogP contribution is -2.44. The van der Waals surface area contributed by atoms with E-state index in [9.17, 15) is 4.79 Å². The van der Waals surface area contributed by atoms with Crippen molar-refractivity contribution in [3.8, 4) is 11.5 Å². The van der Waals surface area contributed by atoms with E-state index in [1.54, 1.807) is 6.07 Å². The SMILES string of the molecule is CCCOc1ccc(C(=O)NC2CCN(Cc3ccccc3)CC2)cc1OCCC. The Morgan fingerprint density at radius 1 is 0.967 bits per heavy atom. The van der Waals surface area contributed by atoms with Crippen molar-refractivity contribution in [3.63, 3.8) is 0 Å². The quantitative estimate of drug-likeness (QED) is 0.619. The van der Waals surface area contributed by atoms with Gasteiger partial charge in [-0.25, -0.2) is 0 Å². The molecule has 1 aliphatic heterocycles. The molecule has 0 radical (unpaired) electrons. The molecule has 0 aliphatic carbocycles. The van der Waals surface area contributed by atoms with Crippen LogP contribution in [0.15, 0.2) is 48.5 Å². The molecule has 1 N–H and O–H groups in total. The highest BCUT2D eigenvalue weighted by atomic mass is 16.5. The number of amides is 1.